The summed E-state index contributed by atoms with van der Waals surface area (Å²) in [5, 5.41) is 11.7. The Morgan fingerprint density at radius 3 is 2.51 bits per heavy atom. The minimum Gasteiger partial charge on any atom is -0.507 e. The molecule has 0 saturated carbocycles. The van der Waals surface area contributed by atoms with Gasteiger partial charge in [-0.3, -0.25) is 14.5 Å². The molecule has 1 unspecified atom stereocenters. The molecular formula is C34H38N2O8S. The van der Waals surface area contributed by atoms with Crippen molar-refractivity contribution < 1.29 is 38.4 Å². The average Bonchev–Trinajstić information content (AvgIpc) is 3.54. The predicted octanol–water partition coefficient (Wildman–Crippen LogP) is 6.64. The molecule has 2 aromatic carbocycles. The molecule has 238 valence electrons. The van der Waals surface area contributed by atoms with E-state index < -0.39 is 23.7 Å². The standard InChI is InChI=1S/C34H38N2O8S/c1-7-9-17-42-24-13-10-22(11-14-24)29(37)27-28(23-12-15-25(43-16-8-2)26(18-23)41-6)36(32(39)30(27)38)34-35-21(5)31(45-34)33(40)44-19-20(3)4/h8,10-15,18,20,28,37H,2,7,9,16-17,19H2,1,3-6H3. The van der Waals surface area contributed by atoms with Gasteiger partial charge in [-0.2, -0.15) is 0 Å². The van der Waals surface area contributed by atoms with Gasteiger partial charge in [-0.15, -0.1) is 0 Å². The maximum Gasteiger partial charge on any atom is 0.350 e. The number of aliphatic hydroxyl groups excluding tert-OH is 1. The number of unbranched alkanes of at least 4 members (excludes halogenated alkanes) is 1. The molecule has 1 aliphatic rings. The van der Waals surface area contributed by atoms with Crippen LogP contribution in [0.1, 0.15) is 66.1 Å². The van der Waals surface area contributed by atoms with Gasteiger partial charge in [-0.25, -0.2) is 9.78 Å². The van der Waals surface area contributed by atoms with Crippen LogP contribution in [0.3, 0.4) is 0 Å². The molecule has 1 saturated heterocycles. The number of aromatic nitrogens is 1. The third kappa shape index (κ3) is 7.37. The molecule has 11 heteroatoms. The second kappa shape index (κ2) is 14.9. The minimum absolute atomic E-state index is 0.112. The summed E-state index contributed by atoms with van der Waals surface area (Å²) in [6.07, 6.45) is 3.49. The number of hydrogen-bond acceptors (Lipinski definition) is 10. The van der Waals surface area contributed by atoms with Gasteiger partial charge in [0.2, 0.25) is 0 Å². The molecule has 2 heterocycles. The van der Waals surface area contributed by atoms with Gasteiger partial charge < -0.3 is 24.1 Å². The smallest absolute Gasteiger partial charge is 0.350 e. The van der Waals surface area contributed by atoms with Crippen LogP contribution in [0.15, 0.2) is 60.7 Å². The molecule has 3 aromatic rings. The number of benzene rings is 2. The summed E-state index contributed by atoms with van der Waals surface area (Å²) in [5.41, 5.74) is 0.994. The fourth-order valence-electron chi connectivity index (χ4n) is 4.65. The first kappa shape index (κ1) is 33.3. The fourth-order valence-corrected chi connectivity index (χ4v) is 5.64. The number of carbonyl (C=O) groups is 3. The lowest BCUT2D eigenvalue weighted by atomic mass is 9.95. The van der Waals surface area contributed by atoms with E-state index in [0.717, 1.165) is 24.2 Å². The second-order valence-electron chi connectivity index (χ2n) is 10.8. The van der Waals surface area contributed by atoms with Crippen LogP contribution >= 0.6 is 11.3 Å². The predicted molar refractivity (Wildman–Crippen MR) is 172 cm³/mol. The zero-order chi connectivity index (χ0) is 32.7. The largest absolute Gasteiger partial charge is 0.507 e. The number of aryl methyl sites for hydroxylation is 1. The summed E-state index contributed by atoms with van der Waals surface area (Å²) in [5.74, 6) is -1.21. The minimum atomic E-state index is -1.10. The molecule has 1 atom stereocenters. The number of esters is 1. The van der Waals surface area contributed by atoms with Crippen LogP contribution in [-0.2, 0) is 14.3 Å². The monoisotopic (exact) mass is 634 g/mol. The summed E-state index contributed by atoms with van der Waals surface area (Å²) in [6, 6.07) is 10.5. The Hall–Kier alpha value is -4.64. The zero-order valence-electron chi connectivity index (χ0n) is 26.1. The van der Waals surface area contributed by atoms with Crippen molar-refractivity contribution in [3.8, 4) is 17.2 Å². The van der Waals surface area contributed by atoms with Crippen molar-refractivity contribution in [1.29, 1.82) is 0 Å². The van der Waals surface area contributed by atoms with E-state index in [2.05, 4.69) is 18.5 Å². The lowest BCUT2D eigenvalue weighted by molar-refractivity contribution is -0.132. The highest BCUT2D eigenvalue weighted by molar-refractivity contribution is 7.17. The first-order chi connectivity index (χ1) is 21.6. The number of carbonyl (C=O) groups excluding carboxylic acids is 3. The third-order valence-corrected chi connectivity index (χ3v) is 8.06. The number of rotatable bonds is 14. The molecule has 45 heavy (non-hydrogen) atoms. The molecule has 0 bridgehead atoms. The molecule has 10 nitrogen and oxygen atoms in total. The quantitative estimate of drug-likeness (QED) is 0.0519. The molecule has 0 aliphatic carbocycles. The molecule has 0 spiro atoms. The van der Waals surface area contributed by atoms with E-state index in [4.69, 9.17) is 18.9 Å². The molecule has 0 radical (unpaired) electrons. The topological polar surface area (TPSA) is 124 Å². The molecule has 1 aromatic heterocycles. The van der Waals surface area contributed by atoms with Crippen LogP contribution in [0.4, 0.5) is 5.13 Å². The van der Waals surface area contributed by atoms with Crippen molar-refractivity contribution in [3.63, 3.8) is 0 Å². The van der Waals surface area contributed by atoms with E-state index in [9.17, 15) is 19.5 Å². The van der Waals surface area contributed by atoms with E-state index in [1.807, 2.05) is 13.8 Å². The van der Waals surface area contributed by atoms with Crippen molar-refractivity contribution in [2.75, 3.05) is 31.8 Å². The highest BCUT2D eigenvalue weighted by Gasteiger charge is 2.48. The SMILES string of the molecule is C=CCOc1ccc(C2C(=C(O)c3ccc(OCCCC)cc3)C(=O)C(=O)N2c2nc(C)c(C(=O)OCC(C)C)s2)cc1OC. The highest BCUT2D eigenvalue weighted by Crippen LogP contribution is 2.45. The number of ether oxygens (including phenoxy) is 4. The highest BCUT2D eigenvalue weighted by atomic mass is 32.1. The average molecular weight is 635 g/mol. The Balaban J connectivity index is 1.83. The Morgan fingerprint density at radius 2 is 1.87 bits per heavy atom. The van der Waals surface area contributed by atoms with Crippen LogP contribution in [0, 0.1) is 12.8 Å². The number of thiazole rings is 1. The van der Waals surface area contributed by atoms with E-state index in [1.165, 1.54) is 12.0 Å². The number of ketones is 1. The Kier molecular flexibility index (Phi) is 11.0. The number of aliphatic hydroxyl groups is 1. The maximum atomic E-state index is 13.7. The van der Waals surface area contributed by atoms with Gasteiger partial charge in [0.05, 0.1) is 37.6 Å². The summed E-state index contributed by atoms with van der Waals surface area (Å²) >= 11 is 0.945. The number of amides is 1. The van der Waals surface area contributed by atoms with Gasteiger partial charge in [0.1, 0.15) is 23.0 Å². The molecule has 1 aliphatic heterocycles. The normalized spacial score (nSPS) is 15.8. The lowest BCUT2D eigenvalue weighted by Crippen LogP contribution is -2.29. The molecule has 4 rings (SSSR count). The van der Waals surface area contributed by atoms with Crippen molar-refractivity contribution in [2.24, 2.45) is 5.92 Å². The number of hydrogen-bond donors (Lipinski definition) is 1. The van der Waals surface area contributed by atoms with Crippen LogP contribution in [0.2, 0.25) is 0 Å². The molecule has 1 N–H and O–H groups in total. The van der Waals surface area contributed by atoms with Gasteiger partial charge >= 0.3 is 11.9 Å². The van der Waals surface area contributed by atoms with Gasteiger partial charge in [0.15, 0.2) is 16.6 Å². The van der Waals surface area contributed by atoms with Gasteiger partial charge in [-0.1, -0.05) is 57.3 Å². The van der Waals surface area contributed by atoms with Crippen molar-refractivity contribution in [2.45, 2.75) is 46.6 Å². The van der Waals surface area contributed by atoms with Crippen LogP contribution in [0.5, 0.6) is 17.2 Å². The number of methoxy groups -OCH3 is 1. The lowest BCUT2D eigenvalue weighted by Gasteiger charge is -2.24. The van der Waals surface area contributed by atoms with Crippen LogP contribution < -0.4 is 19.1 Å². The summed E-state index contributed by atoms with van der Waals surface area (Å²) in [7, 11) is 1.47. The van der Waals surface area contributed by atoms with Crippen molar-refractivity contribution in [1.82, 2.24) is 4.98 Å². The summed E-state index contributed by atoms with van der Waals surface area (Å²) in [6.45, 7) is 12.2. The van der Waals surface area contributed by atoms with E-state index >= 15 is 0 Å². The van der Waals surface area contributed by atoms with Gasteiger partial charge in [-0.05, 0) is 61.2 Å². The number of Topliss-reactive ketones (excluding diaryl/α,β-unsaturated/α-hetero) is 1. The third-order valence-electron chi connectivity index (χ3n) is 6.92. The summed E-state index contributed by atoms with van der Waals surface area (Å²) < 4.78 is 22.4. The van der Waals surface area contributed by atoms with E-state index in [1.54, 1.807) is 55.5 Å². The Morgan fingerprint density at radius 1 is 1.13 bits per heavy atom. The van der Waals surface area contributed by atoms with Gasteiger partial charge in [0.25, 0.3) is 5.78 Å². The van der Waals surface area contributed by atoms with E-state index in [0.29, 0.717) is 40.7 Å². The van der Waals surface area contributed by atoms with Crippen molar-refractivity contribution in [3.05, 3.63) is 82.4 Å². The Bertz CT molecular complexity index is 1590. The van der Waals surface area contributed by atoms with Crippen molar-refractivity contribution >= 4 is 39.9 Å². The van der Waals surface area contributed by atoms with Crippen LogP contribution in [-0.4, -0.2) is 54.7 Å². The first-order valence-corrected chi connectivity index (χ1v) is 15.5. The summed E-state index contributed by atoms with van der Waals surface area (Å²) in [4.78, 5) is 46.1. The molecular weight excluding hydrogens is 596 g/mol. The van der Waals surface area contributed by atoms with E-state index in [-0.39, 0.29) is 40.5 Å². The molecule has 1 fully saturated rings. The zero-order valence-corrected chi connectivity index (χ0v) is 26.9. The van der Waals surface area contributed by atoms with Crippen LogP contribution in [0.25, 0.3) is 5.76 Å². The maximum absolute atomic E-state index is 13.7. The second-order valence-corrected chi connectivity index (χ2v) is 11.8. The Labute approximate surface area is 266 Å². The number of anilines is 1. The van der Waals surface area contributed by atoms with Gasteiger partial charge in [0, 0.05) is 5.56 Å². The number of nitrogens with zero attached hydrogens (tertiary/aromatic N) is 2. The first-order valence-electron chi connectivity index (χ1n) is 14.7. The molecule has 1 amide bonds. The fraction of sp³-hybridized carbons (Fsp3) is 0.353.